The highest BCUT2D eigenvalue weighted by Crippen LogP contribution is 2.40. The van der Waals surface area contributed by atoms with Gasteiger partial charge in [-0.2, -0.15) is 0 Å². The van der Waals surface area contributed by atoms with E-state index in [4.69, 9.17) is 0 Å². The number of sulfonamides is 1. The minimum absolute atomic E-state index is 0.0771. The van der Waals surface area contributed by atoms with Crippen molar-refractivity contribution in [2.75, 3.05) is 25.9 Å². The van der Waals surface area contributed by atoms with E-state index < -0.39 is 10.0 Å². The number of benzene rings is 1. The van der Waals surface area contributed by atoms with Crippen LogP contribution in [-0.2, 0) is 20.2 Å². The lowest BCUT2D eigenvalue weighted by Gasteiger charge is -2.33. The van der Waals surface area contributed by atoms with E-state index in [1.165, 1.54) is 22.7 Å². The largest absolute Gasteiger partial charge is 0.355 e. The monoisotopic (exact) mass is 382 g/mol. The molecule has 7 heteroatoms. The van der Waals surface area contributed by atoms with E-state index in [9.17, 15) is 17.6 Å². The molecule has 0 spiro atoms. The van der Waals surface area contributed by atoms with Crippen molar-refractivity contribution in [2.24, 2.45) is 5.92 Å². The summed E-state index contributed by atoms with van der Waals surface area (Å²) in [6.45, 7) is 1.27. The lowest BCUT2D eigenvalue weighted by atomic mass is 9.78. The average Bonchev–Trinajstić information content (AvgIpc) is 3.10. The summed E-state index contributed by atoms with van der Waals surface area (Å²) in [6, 6.07) is 6.59. The summed E-state index contributed by atoms with van der Waals surface area (Å²) < 4.78 is 38.2. The fourth-order valence-electron chi connectivity index (χ4n) is 4.28. The van der Waals surface area contributed by atoms with Gasteiger partial charge in [0.2, 0.25) is 15.9 Å². The minimum Gasteiger partial charge on any atom is -0.355 e. The maximum Gasteiger partial charge on any atom is 0.224 e. The van der Waals surface area contributed by atoms with Crippen LogP contribution in [0.25, 0.3) is 0 Å². The number of piperidine rings is 1. The van der Waals surface area contributed by atoms with Crippen LogP contribution in [0.5, 0.6) is 0 Å². The molecule has 1 aromatic rings. The zero-order chi connectivity index (χ0) is 18.8. The molecule has 1 N–H and O–H groups in total. The van der Waals surface area contributed by atoms with Gasteiger partial charge in [0.05, 0.1) is 12.2 Å². The topological polar surface area (TPSA) is 66.5 Å². The number of amides is 1. The van der Waals surface area contributed by atoms with Crippen molar-refractivity contribution in [1.29, 1.82) is 0 Å². The molecule has 0 unspecified atom stereocenters. The van der Waals surface area contributed by atoms with E-state index in [0.29, 0.717) is 25.9 Å². The Bertz CT molecular complexity index is 743. The van der Waals surface area contributed by atoms with Gasteiger partial charge < -0.3 is 5.32 Å². The van der Waals surface area contributed by atoms with Gasteiger partial charge in [-0.15, -0.1) is 0 Å². The van der Waals surface area contributed by atoms with Crippen molar-refractivity contribution in [1.82, 2.24) is 9.62 Å². The Balaban J connectivity index is 1.66. The summed E-state index contributed by atoms with van der Waals surface area (Å²) in [4.78, 5) is 12.7. The number of carbonyl (C=O) groups excluding carboxylic acids is 1. The Kier molecular flexibility index (Phi) is 5.67. The van der Waals surface area contributed by atoms with Gasteiger partial charge in [-0.1, -0.05) is 25.0 Å². The average molecular weight is 383 g/mol. The molecule has 1 heterocycles. The van der Waals surface area contributed by atoms with Crippen molar-refractivity contribution in [3.63, 3.8) is 0 Å². The number of carbonyl (C=O) groups is 1. The summed E-state index contributed by atoms with van der Waals surface area (Å²) in [5.41, 5.74) is 0.923. The predicted molar refractivity (Wildman–Crippen MR) is 98.7 cm³/mol. The van der Waals surface area contributed by atoms with Crippen LogP contribution in [0.2, 0.25) is 0 Å². The van der Waals surface area contributed by atoms with Crippen molar-refractivity contribution >= 4 is 15.9 Å². The second-order valence-electron chi connectivity index (χ2n) is 7.67. The molecule has 0 bridgehead atoms. The fourth-order valence-corrected chi connectivity index (χ4v) is 5.19. The van der Waals surface area contributed by atoms with Gasteiger partial charge in [0.15, 0.2) is 0 Å². The number of rotatable bonds is 5. The summed E-state index contributed by atoms with van der Waals surface area (Å²) in [7, 11) is -3.26. The highest BCUT2D eigenvalue weighted by atomic mass is 32.2. The first-order valence-electron chi connectivity index (χ1n) is 9.29. The number of nitrogens with one attached hydrogen (secondary N) is 1. The molecule has 5 nitrogen and oxygen atoms in total. The lowest BCUT2D eigenvalue weighted by Crippen LogP contribution is -2.47. The Labute approximate surface area is 155 Å². The van der Waals surface area contributed by atoms with Gasteiger partial charge in [-0.25, -0.2) is 17.1 Å². The van der Waals surface area contributed by atoms with Crippen molar-refractivity contribution in [2.45, 2.75) is 43.9 Å². The van der Waals surface area contributed by atoms with Gasteiger partial charge >= 0.3 is 0 Å². The van der Waals surface area contributed by atoms with Crippen LogP contribution in [0, 0.1) is 11.7 Å². The van der Waals surface area contributed by atoms with E-state index >= 15 is 0 Å². The molecule has 144 valence electrons. The van der Waals surface area contributed by atoms with E-state index in [1.54, 1.807) is 0 Å². The van der Waals surface area contributed by atoms with Crippen LogP contribution in [0.3, 0.4) is 0 Å². The normalized spacial score (nSPS) is 23.7. The van der Waals surface area contributed by atoms with Gasteiger partial charge in [0, 0.05) is 25.0 Å². The number of hydrogen-bond acceptors (Lipinski definition) is 3. The zero-order valence-electron chi connectivity index (χ0n) is 15.2. The molecule has 26 heavy (non-hydrogen) atoms. The number of hydrogen-bond donors (Lipinski definition) is 1. The first-order valence-corrected chi connectivity index (χ1v) is 11.1. The zero-order valence-corrected chi connectivity index (χ0v) is 16.0. The third-order valence-corrected chi connectivity index (χ3v) is 7.11. The van der Waals surface area contributed by atoms with Crippen LogP contribution in [0.4, 0.5) is 4.39 Å². The Morgan fingerprint density at radius 3 is 2.50 bits per heavy atom. The Morgan fingerprint density at radius 2 is 1.88 bits per heavy atom. The third-order valence-electron chi connectivity index (χ3n) is 5.84. The first kappa shape index (κ1) is 19.3. The van der Waals surface area contributed by atoms with Gasteiger partial charge in [0.25, 0.3) is 0 Å². The second-order valence-corrected chi connectivity index (χ2v) is 9.65. The van der Waals surface area contributed by atoms with Crippen molar-refractivity contribution in [3.05, 3.63) is 35.6 Å². The summed E-state index contributed by atoms with van der Waals surface area (Å²) in [5.74, 6) is -0.633. The minimum atomic E-state index is -3.26. The third kappa shape index (κ3) is 4.26. The molecule has 0 radical (unpaired) electrons. The van der Waals surface area contributed by atoms with E-state index in [2.05, 4.69) is 5.32 Å². The number of halogens is 1. The Morgan fingerprint density at radius 1 is 1.23 bits per heavy atom. The van der Waals surface area contributed by atoms with Crippen LogP contribution >= 0.6 is 0 Å². The SMILES string of the molecule is CS(=O)(=O)N1CCC[C@@H](C(=O)NCC2(c3ccc(F)cc3)CCCC2)C1. The van der Waals surface area contributed by atoms with Gasteiger partial charge in [-0.05, 0) is 43.4 Å². The quantitative estimate of drug-likeness (QED) is 0.851. The van der Waals surface area contributed by atoms with Crippen LogP contribution < -0.4 is 5.32 Å². The Hall–Kier alpha value is -1.47. The molecule has 1 aromatic carbocycles. The lowest BCUT2D eigenvalue weighted by molar-refractivity contribution is -0.126. The molecule has 1 aliphatic heterocycles. The molecule has 1 saturated heterocycles. The molecular weight excluding hydrogens is 355 g/mol. The maximum absolute atomic E-state index is 13.3. The standard InChI is InChI=1S/C19H27FN2O3S/c1-26(24,25)22-12-4-5-15(13-22)18(23)21-14-19(10-2-3-11-19)16-6-8-17(20)9-7-16/h6-9,15H,2-5,10-14H2,1H3,(H,21,23)/t15-/m1/s1. The fraction of sp³-hybridized carbons (Fsp3) is 0.632. The molecule has 1 saturated carbocycles. The van der Waals surface area contributed by atoms with Crippen LogP contribution in [-0.4, -0.2) is 44.5 Å². The highest BCUT2D eigenvalue weighted by Gasteiger charge is 2.37. The predicted octanol–water partition coefficient (Wildman–Crippen LogP) is 2.43. The van der Waals surface area contributed by atoms with E-state index in [1.807, 2.05) is 12.1 Å². The molecule has 2 aliphatic rings. The molecule has 1 atom stereocenters. The summed E-state index contributed by atoms with van der Waals surface area (Å²) in [6.07, 6.45) is 6.74. The second kappa shape index (κ2) is 7.64. The molecular formula is C19H27FN2O3S. The molecule has 1 aliphatic carbocycles. The molecule has 2 fully saturated rings. The van der Waals surface area contributed by atoms with Crippen LogP contribution in [0.15, 0.2) is 24.3 Å². The summed E-state index contributed by atoms with van der Waals surface area (Å²) >= 11 is 0. The molecule has 1 amide bonds. The summed E-state index contributed by atoms with van der Waals surface area (Å²) in [5, 5.41) is 3.07. The molecule has 0 aromatic heterocycles. The van der Waals surface area contributed by atoms with Gasteiger partial charge in [-0.3, -0.25) is 4.79 Å². The van der Waals surface area contributed by atoms with E-state index in [-0.39, 0.29) is 29.6 Å². The van der Waals surface area contributed by atoms with Crippen LogP contribution in [0.1, 0.15) is 44.1 Å². The maximum atomic E-state index is 13.3. The first-order chi connectivity index (χ1) is 12.3. The smallest absolute Gasteiger partial charge is 0.224 e. The highest BCUT2D eigenvalue weighted by molar-refractivity contribution is 7.88. The van der Waals surface area contributed by atoms with Crippen molar-refractivity contribution < 1.29 is 17.6 Å². The number of nitrogens with zero attached hydrogens (tertiary/aromatic N) is 1. The van der Waals surface area contributed by atoms with E-state index in [0.717, 1.165) is 31.2 Å². The van der Waals surface area contributed by atoms with Gasteiger partial charge in [0.1, 0.15) is 5.82 Å². The molecule has 3 rings (SSSR count). The van der Waals surface area contributed by atoms with Crippen molar-refractivity contribution in [3.8, 4) is 0 Å².